The number of para-hydroxylation sites is 1. The molecule has 0 unspecified atom stereocenters. The van der Waals surface area contributed by atoms with E-state index in [2.05, 4.69) is 31.3 Å². The molecule has 2 aromatic rings. The number of hydrogen-bond donors (Lipinski definition) is 2. The lowest BCUT2D eigenvalue weighted by molar-refractivity contribution is 1.36. The molecule has 0 atom stereocenters. The van der Waals surface area contributed by atoms with E-state index < -0.39 is 0 Å². The molecule has 0 aliphatic heterocycles. The number of hydrogen-bond acceptors (Lipinski definition) is 2. The van der Waals surface area contributed by atoms with Crippen LogP contribution in [0.2, 0.25) is 5.02 Å². The van der Waals surface area contributed by atoms with Crippen LogP contribution in [0.3, 0.4) is 0 Å². The van der Waals surface area contributed by atoms with Gasteiger partial charge < -0.3 is 11.1 Å². The lowest BCUT2D eigenvalue weighted by Crippen LogP contribution is -1.97. The van der Waals surface area contributed by atoms with Crippen LogP contribution in [0, 0.1) is 13.8 Å². The predicted octanol–water partition coefficient (Wildman–Crippen LogP) is 4.28. The molecule has 2 aromatic carbocycles. The highest BCUT2D eigenvalue weighted by Gasteiger charge is 2.05. The predicted molar refractivity (Wildman–Crippen MR) is 75.1 cm³/mol. The summed E-state index contributed by atoms with van der Waals surface area (Å²) < 4.78 is 0. The molecule has 3 heteroatoms. The highest BCUT2D eigenvalue weighted by molar-refractivity contribution is 6.33. The zero-order chi connectivity index (χ0) is 12.4. The standard InChI is InChI=1S/C14H15ClN2/c1-9-4-3-5-10(2)14(9)17-13-7-6-11(16)8-12(13)15/h3-8,17H,16H2,1-2H3. The molecular weight excluding hydrogens is 232 g/mol. The highest BCUT2D eigenvalue weighted by Crippen LogP contribution is 2.30. The second kappa shape index (κ2) is 4.68. The topological polar surface area (TPSA) is 38.0 Å². The molecule has 0 heterocycles. The van der Waals surface area contributed by atoms with Gasteiger partial charge in [-0.2, -0.15) is 0 Å². The van der Waals surface area contributed by atoms with Crippen LogP contribution >= 0.6 is 11.6 Å². The van der Waals surface area contributed by atoms with Crippen molar-refractivity contribution in [1.29, 1.82) is 0 Å². The Balaban J connectivity index is 2.38. The highest BCUT2D eigenvalue weighted by atomic mass is 35.5. The van der Waals surface area contributed by atoms with Crippen molar-refractivity contribution in [3.05, 3.63) is 52.5 Å². The molecule has 0 aliphatic rings. The average Bonchev–Trinajstić information content (AvgIpc) is 2.26. The summed E-state index contributed by atoms with van der Waals surface area (Å²) in [7, 11) is 0. The molecule has 0 aliphatic carbocycles. The van der Waals surface area contributed by atoms with Crippen LogP contribution in [0.4, 0.5) is 17.1 Å². The smallest absolute Gasteiger partial charge is 0.0661 e. The number of aryl methyl sites for hydroxylation is 2. The van der Waals surface area contributed by atoms with Crippen LogP contribution in [-0.2, 0) is 0 Å². The normalized spacial score (nSPS) is 10.3. The van der Waals surface area contributed by atoms with E-state index in [0.29, 0.717) is 10.7 Å². The molecule has 0 aromatic heterocycles. The molecule has 0 bridgehead atoms. The minimum absolute atomic E-state index is 0.632. The Hall–Kier alpha value is -1.67. The van der Waals surface area contributed by atoms with Crippen molar-refractivity contribution in [3.8, 4) is 0 Å². The van der Waals surface area contributed by atoms with Gasteiger partial charge in [0.25, 0.3) is 0 Å². The summed E-state index contributed by atoms with van der Waals surface area (Å²) in [5.74, 6) is 0. The van der Waals surface area contributed by atoms with Crippen LogP contribution in [0.15, 0.2) is 36.4 Å². The Morgan fingerprint density at radius 3 is 2.29 bits per heavy atom. The number of nitrogens with one attached hydrogen (secondary N) is 1. The van der Waals surface area contributed by atoms with Gasteiger partial charge in [-0.1, -0.05) is 29.8 Å². The van der Waals surface area contributed by atoms with Gasteiger partial charge in [0.05, 0.1) is 10.7 Å². The van der Waals surface area contributed by atoms with E-state index in [1.165, 1.54) is 11.1 Å². The van der Waals surface area contributed by atoms with Crippen molar-refractivity contribution in [2.45, 2.75) is 13.8 Å². The van der Waals surface area contributed by atoms with E-state index in [-0.39, 0.29) is 0 Å². The largest absolute Gasteiger partial charge is 0.399 e. The third kappa shape index (κ3) is 2.53. The molecule has 0 saturated carbocycles. The monoisotopic (exact) mass is 246 g/mol. The molecule has 0 amide bonds. The third-order valence-corrected chi connectivity index (χ3v) is 3.05. The summed E-state index contributed by atoms with van der Waals surface area (Å²) in [4.78, 5) is 0. The number of nitrogens with two attached hydrogens (primary N) is 1. The summed E-state index contributed by atoms with van der Waals surface area (Å²) in [6, 6.07) is 11.7. The first-order valence-corrected chi connectivity index (χ1v) is 5.84. The van der Waals surface area contributed by atoms with Crippen molar-refractivity contribution in [3.63, 3.8) is 0 Å². The average molecular weight is 247 g/mol. The van der Waals surface area contributed by atoms with Crippen LogP contribution in [0.25, 0.3) is 0 Å². The first kappa shape index (κ1) is 11.8. The van der Waals surface area contributed by atoms with Crippen molar-refractivity contribution < 1.29 is 0 Å². The second-order valence-corrected chi connectivity index (χ2v) is 4.54. The third-order valence-electron chi connectivity index (χ3n) is 2.73. The Bertz CT molecular complexity index is 530. The quantitative estimate of drug-likeness (QED) is 0.776. The van der Waals surface area contributed by atoms with Gasteiger partial charge in [0, 0.05) is 11.4 Å². The number of rotatable bonds is 2. The van der Waals surface area contributed by atoms with Gasteiger partial charge in [-0.15, -0.1) is 0 Å². The maximum atomic E-state index is 6.14. The van der Waals surface area contributed by atoms with E-state index in [9.17, 15) is 0 Å². The maximum absolute atomic E-state index is 6.14. The summed E-state index contributed by atoms with van der Waals surface area (Å²) >= 11 is 6.14. The molecule has 0 spiro atoms. The summed E-state index contributed by atoms with van der Waals surface area (Å²) in [5, 5.41) is 3.98. The SMILES string of the molecule is Cc1cccc(C)c1Nc1ccc(N)cc1Cl. The van der Waals surface area contributed by atoms with Gasteiger partial charge in [-0.25, -0.2) is 0 Å². The van der Waals surface area contributed by atoms with Gasteiger partial charge in [0.2, 0.25) is 0 Å². The van der Waals surface area contributed by atoms with E-state index in [4.69, 9.17) is 17.3 Å². The zero-order valence-corrected chi connectivity index (χ0v) is 10.7. The molecular formula is C14H15ClN2. The summed E-state index contributed by atoms with van der Waals surface area (Å²) in [5.41, 5.74) is 10.7. The Kier molecular flexibility index (Phi) is 3.25. The number of nitrogen functional groups attached to an aromatic ring is 1. The minimum atomic E-state index is 0.632. The fourth-order valence-corrected chi connectivity index (χ4v) is 2.02. The maximum Gasteiger partial charge on any atom is 0.0661 e. The van der Waals surface area contributed by atoms with Crippen LogP contribution in [-0.4, -0.2) is 0 Å². The molecule has 3 N–H and O–H groups in total. The van der Waals surface area contributed by atoms with E-state index in [1.807, 2.05) is 18.2 Å². The molecule has 2 nitrogen and oxygen atoms in total. The zero-order valence-electron chi connectivity index (χ0n) is 9.92. The van der Waals surface area contributed by atoms with E-state index >= 15 is 0 Å². The molecule has 2 rings (SSSR count). The lowest BCUT2D eigenvalue weighted by atomic mass is 10.1. The van der Waals surface area contributed by atoms with Crippen LogP contribution in [0.1, 0.15) is 11.1 Å². The lowest BCUT2D eigenvalue weighted by Gasteiger charge is -2.14. The Labute approximate surface area is 106 Å². The van der Waals surface area contributed by atoms with Crippen molar-refractivity contribution >= 4 is 28.7 Å². The van der Waals surface area contributed by atoms with E-state index in [0.717, 1.165) is 11.4 Å². The Morgan fingerprint density at radius 1 is 1.06 bits per heavy atom. The molecule has 0 saturated heterocycles. The summed E-state index contributed by atoms with van der Waals surface area (Å²) in [6.45, 7) is 4.14. The van der Waals surface area contributed by atoms with Gasteiger partial charge in [0.15, 0.2) is 0 Å². The number of benzene rings is 2. The first-order valence-electron chi connectivity index (χ1n) is 5.46. The fourth-order valence-electron chi connectivity index (χ4n) is 1.78. The van der Waals surface area contributed by atoms with Gasteiger partial charge in [-0.05, 0) is 43.2 Å². The summed E-state index contributed by atoms with van der Waals surface area (Å²) in [6.07, 6.45) is 0. The van der Waals surface area contributed by atoms with Crippen molar-refractivity contribution in [1.82, 2.24) is 0 Å². The molecule has 0 fully saturated rings. The van der Waals surface area contributed by atoms with Gasteiger partial charge >= 0.3 is 0 Å². The number of halogens is 1. The number of anilines is 3. The van der Waals surface area contributed by atoms with E-state index in [1.54, 1.807) is 6.07 Å². The molecule has 0 radical (unpaired) electrons. The molecule has 17 heavy (non-hydrogen) atoms. The Morgan fingerprint density at radius 2 is 1.71 bits per heavy atom. The fraction of sp³-hybridized carbons (Fsp3) is 0.143. The van der Waals surface area contributed by atoms with Crippen molar-refractivity contribution in [2.24, 2.45) is 0 Å². The van der Waals surface area contributed by atoms with Crippen molar-refractivity contribution in [2.75, 3.05) is 11.1 Å². The van der Waals surface area contributed by atoms with Crippen LogP contribution in [0.5, 0.6) is 0 Å². The molecule has 88 valence electrons. The first-order chi connectivity index (χ1) is 8.08. The van der Waals surface area contributed by atoms with Gasteiger partial charge in [0.1, 0.15) is 0 Å². The van der Waals surface area contributed by atoms with Crippen LogP contribution < -0.4 is 11.1 Å². The minimum Gasteiger partial charge on any atom is -0.399 e. The second-order valence-electron chi connectivity index (χ2n) is 4.13. The van der Waals surface area contributed by atoms with Gasteiger partial charge in [-0.3, -0.25) is 0 Å².